The van der Waals surface area contributed by atoms with Gasteiger partial charge in [-0.25, -0.2) is 13.8 Å². The van der Waals surface area contributed by atoms with Crippen molar-refractivity contribution in [1.82, 2.24) is 9.55 Å². The van der Waals surface area contributed by atoms with E-state index in [1.165, 1.54) is 17.7 Å². The molecule has 2 N–H and O–H groups in total. The number of pyridine rings is 2. The van der Waals surface area contributed by atoms with E-state index in [1.54, 1.807) is 37.5 Å². The lowest BCUT2D eigenvalue weighted by atomic mass is 9.96. The van der Waals surface area contributed by atoms with E-state index < -0.39 is 29.1 Å². The van der Waals surface area contributed by atoms with Gasteiger partial charge in [-0.05, 0) is 42.3 Å². The molecule has 2 aromatic carbocycles. The number of hydrogen-bond donors (Lipinski definition) is 2. The molecule has 0 atom stereocenters. The van der Waals surface area contributed by atoms with Crippen molar-refractivity contribution in [3.05, 3.63) is 87.8 Å². The fourth-order valence-corrected chi connectivity index (χ4v) is 3.93. The molecule has 0 aliphatic heterocycles. The summed E-state index contributed by atoms with van der Waals surface area (Å²) in [5, 5.41) is 12.1. The van der Waals surface area contributed by atoms with Crippen LogP contribution in [-0.2, 0) is 18.3 Å². The van der Waals surface area contributed by atoms with Gasteiger partial charge in [0, 0.05) is 30.6 Å². The average molecular weight is 493 g/mol. The number of aromatic nitrogens is 2. The minimum atomic E-state index is -1.03. The van der Waals surface area contributed by atoms with Crippen LogP contribution in [-0.4, -0.2) is 33.6 Å². The fraction of sp³-hybridized carbons (Fsp3) is 0.154. The van der Waals surface area contributed by atoms with Crippen molar-refractivity contribution in [3.8, 4) is 16.9 Å². The van der Waals surface area contributed by atoms with Crippen molar-refractivity contribution in [2.45, 2.75) is 12.8 Å². The topological polar surface area (TPSA) is 111 Å². The Hall–Kier alpha value is -4.60. The number of amides is 1. The molecule has 0 radical (unpaired) electrons. The molecule has 2 aromatic heterocycles. The molecule has 10 heteroatoms. The SMILES string of the molecule is COc1ccn(C)c(=O)c1-c1ccc(CCC(=O)O)c2ccc(NC(=O)c3c(F)cccc3F)nc12. The van der Waals surface area contributed by atoms with Gasteiger partial charge in [0.2, 0.25) is 0 Å². The van der Waals surface area contributed by atoms with E-state index in [2.05, 4.69) is 10.3 Å². The van der Waals surface area contributed by atoms with E-state index in [4.69, 9.17) is 9.84 Å². The summed E-state index contributed by atoms with van der Waals surface area (Å²) in [6, 6.07) is 11.1. The quantitative estimate of drug-likeness (QED) is 0.400. The van der Waals surface area contributed by atoms with Crippen molar-refractivity contribution >= 4 is 28.6 Å². The van der Waals surface area contributed by atoms with Gasteiger partial charge in [0.1, 0.15) is 28.8 Å². The predicted octanol–water partition coefficient (Wildman–Crippen LogP) is 4.16. The average Bonchev–Trinajstić information content (AvgIpc) is 2.84. The van der Waals surface area contributed by atoms with E-state index in [1.807, 2.05) is 0 Å². The molecule has 4 rings (SSSR count). The number of carboxylic acid groups (broad SMARTS) is 1. The number of carbonyl (C=O) groups is 2. The van der Waals surface area contributed by atoms with Crippen LogP contribution in [0.2, 0.25) is 0 Å². The summed E-state index contributed by atoms with van der Waals surface area (Å²) in [5.41, 5.74) is 0.426. The van der Waals surface area contributed by atoms with E-state index in [-0.39, 0.29) is 35.3 Å². The number of anilines is 1. The Bertz CT molecular complexity index is 1550. The molecule has 0 saturated heterocycles. The molecule has 4 aromatic rings. The van der Waals surface area contributed by atoms with E-state index in [0.717, 1.165) is 18.2 Å². The summed E-state index contributed by atoms with van der Waals surface area (Å²) < 4.78 is 35.0. The number of nitrogens with zero attached hydrogens (tertiary/aromatic N) is 2. The van der Waals surface area contributed by atoms with Gasteiger partial charge in [-0.3, -0.25) is 14.4 Å². The highest BCUT2D eigenvalue weighted by atomic mass is 19.1. The van der Waals surface area contributed by atoms with Crippen LogP contribution in [0.25, 0.3) is 22.0 Å². The molecular weight excluding hydrogens is 472 g/mol. The predicted molar refractivity (Wildman–Crippen MR) is 129 cm³/mol. The Labute approximate surface area is 203 Å². The van der Waals surface area contributed by atoms with Crippen LogP contribution in [0.3, 0.4) is 0 Å². The number of ether oxygens (including phenoxy) is 1. The summed E-state index contributed by atoms with van der Waals surface area (Å²) in [5.74, 6) is -3.78. The standard InChI is InChI=1S/C26H21F2N3O5/c1-31-13-12-19(36-2)22(26(31)35)16-8-6-14(7-11-21(32)33)15-9-10-20(29-24(15)16)30-25(34)23-17(27)4-3-5-18(23)28/h3-6,8-10,12-13H,7,11H2,1-2H3,(H,32,33)(H,29,30,34). The smallest absolute Gasteiger partial charge is 0.303 e. The number of fused-ring (bicyclic) bond motifs is 1. The first kappa shape index (κ1) is 24.5. The molecule has 0 bridgehead atoms. The van der Waals surface area contributed by atoms with Gasteiger partial charge in [-0.15, -0.1) is 0 Å². The number of rotatable bonds is 7. The zero-order valence-corrected chi connectivity index (χ0v) is 19.3. The Balaban J connectivity index is 1.89. The molecule has 0 spiro atoms. The number of hydrogen-bond acceptors (Lipinski definition) is 5. The summed E-state index contributed by atoms with van der Waals surface area (Å²) in [7, 11) is 3.00. The zero-order chi connectivity index (χ0) is 26.0. The minimum Gasteiger partial charge on any atom is -0.496 e. The maximum Gasteiger partial charge on any atom is 0.303 e. The lowest BCUT2D eigenvalue weighted by Gasteiger charge is -2.15. The van der Waals surface area contributed by atoms with Gasteiger partial charge in [-0.2, -0.15) is 0 Å². The number of benzene rings is 2. The molecule has 1 amide bonds. The van der Waals surface area contributed by atoms with Crippen LogP contribution in [0.1, 0.15) is 22.3 Å². The summed E-state index contributed by atoms with van der Waals surface area (Å²) >= 11 is 0. The molecule has 0 aliphatic carbocycles. The third-order valence-electron chi connectivity index (χ3n) is 5.71. The van der Waals surface area contributed by atoms with Crippen molar-refractivity contribution in [2.24, 2.45) is 7.05 Å². The molecule has 36 heavy (non-hydrogen) atoms. The van der Waals surface area contributed by atoms with Crippen LogP contribution in [0.5, 0.6) is 5.75 Å². The van der Waals surface area contributed by atoms with Crippen LogP contribution >= 0.6 is 0 Å². The summed E-state index contributed by atoms with van der Waals surface area (Å²) in [4.78, 5) is 41.3. The third kappa shape index (κ3) is 4.65. The Morgan fingerprint density at radius 2 is 1.81 bits per heavy atom. The van der Waals surface area contributed by atoms with E-state index in [9.17, 15) is 23.2 Å². The van der Waals surface area contributed by atoms with Crippen LogP contribution in [0.15, 0.2) is 59.5 Å². The minimum absolute atomic E-state index is 0.0153. The molecule has 0 fully saturated rings. The monoisotopic (exact) mass is 493 g/mol. The number of nitrogens with one attached hydrogen (secondary N) is 1. The van der Waals surface area contributed by atoms with Crippen molar-refractivity contribution < 1.29 is 28.2 Å². The highest BCUT2D eigenvalue weighted by molar-refractivity contribution is 6.05. The van der Waals surface area contributed by atoms with Gasteiger partial charge in [-0.1, -0.05) is 18.2 Å². The lowest BCUT2D eigenvalue weighted by molar-refractivity contribution is -0.136. The van der Waals surface area contributed by atoms with Gasteiger partial charge in [0.05, 0.1) is 18.2 Å². The van der Waals surface area contributed by atoms with Gasteiger partial charge >= 0.3 is 5.97 Å². The second-order valence-corrected chi connectivity index (χ2v) is 7.98. The number of aryl methyl sites for hydroxylation is 2. The Kier molecular flexibility index (Phi) is 6.77. The van der Waals surface area contributed by atoms with Gasteiger partial charge < -0.3 is 19.7 Å². The Morgan fingerprint density at radius 1 is 1.08 bits per heavy atom. The number of halogens is 2. The van der Waals surface area contributed by atoms with Crippen LogP contribution < -0.4 is 15.6 Å². The van der Waals surface area contributed by atoms with E-state index in [0.29, 0.717) is 22.3 Å². The molecule has 0 saturated carbocycles. The highest BCUT2D eigenvalue weighted by Gasteiger charge is 2.20. The largest absolute Gasteiger partial charge is 0.496 e. The Morgan fingerprint density at radius 3 is 2.47 bits per heavy atom. The first-order valence-corrected chi connectivity index (χ1v) is 10.8. The molecule has 0 aliphatic rings. The van der Waals surface area contributed by atoms with Crippen molar-refractivity contribution in [3.63, 3.8) is 0 Å². The van der Waals surface area contributed by atoms with Gasteiger partial charge in [0.25, 0.3) is 11.5 Å². The van der Waals surface area contributed by atoms with E-state index >= 15 is 0 Å². The second-order valence-electron chi connectivity index (χ2n) is 7.98. The summed E-state index contributed by atoms with van der Waals surface area (Å²) in [6.45, 7) is 0. The highest BCUT2D eigenvalue weighted by Crippen LogP contribution is 2.34. The molecule has 184 valence electrons. The molecule has 0 unspecified atom stereocenters. The normalized spacial score (nSPS) is 10.9. The lowest BCUT2D eigenvalue weighted by Crippen LogP contribution is -2.19. The number of carboxylic acids is 1. The van der Waals surface area contributed by atoms with Crippen LogP contribution in [0, 0.1) is 11.6 Å². The maximum absolute atomic E-state index is 14.1. The zero-order valence-electron chi connectivity index (χ0n) is 19.3. The first-order valence-electron chi connectivity index (χ1n) is 10.8. The fourth-order valence-electron chi connectivity index (χ4n) is 3.93. The third-order valence-corrected chi connectivity index (χ3v) is 5.71. The number of carbonyl (C=O) groups excluding carboxylic acids is 1. The second kappa shape index (κ2) is 9.95. The number of aliphatic carboxylic acids is 1. The first-order chi connectivity index (χ1) is 17.2. The molecule has 8 nitrogen and oxygen atoms in total. The summed E-state index contributed by atoms with van der Waals surface area (Å²) in [6.07, 6.45) is 1.62. The molecular formula is C26H21F2N3O5. The number of methoxy groups -OCH3 is 1. The van der Waals surface area contributed by atoms with Crippen LogP contribution in [0.4, 0.5) is 14.6 Å². The maximum atomic E-state index is 14.1. The molecule has 2 heterocycles. The van der Waals surface area contributed by atoms with Crippen molar-refractivity contribution in [1.29, 1.82) is 0 Å². The van der Waals surface area contributed by atoms with Gasteiger partial charge in [0.15, 0.2) is 0 Å². The van der Waals surface area contributed by atoms with Crippen molar-refractivity contribution in [2.75, 3.05) is 12.4 Å².